The van der Waals surface area contributed by atoms with Crippen molar-refractivity contribution in [3.63, 3.8) is 0 Å². The number of carbonyl (C=O) groups is 2. The molecule has 4 heterocycles. The second-order valence-electron chi connectivity index (χ2n) is 16.2. The minimum absolute atomic E-state index is 0.115. The van der Waals surface area contributed by atoms with Gasteiger partial charge < -0.3 is 19.4 Å². The zero-order chi connectivity index (χ0) is 34.9. The summed E-state index contributed by atoms with van der Waals surface area (Å²) >= 11 is 0. The summed E-state index contributed by atoms with van der Waals surface area (Å²) in [6, 6.07) is 16.4. The monoisotopic (exact) mass is 672 g/mol. The van der Waals surface area contributed by atoms with Crippen LogP contribution in [0.15, 0.2) is 60.9 Å². The molecule has 258 valence electrons. The highest BCUT2D eigenvalue weighted by molar-refractivity contribution is 5.71. The van der Waals surface area contributed by atoms with Gasteiger partial charge in [0.1, 0.15) is 22.9 Å². The van der Waals surface area contributed by atoms with Crippen molar-refractivity contribution in [1.29, 1.82) is 0 Å². The van der Waals surface area contributed by atoms with Gasteiger partial charge in [-0.05, 0) is 103 Å². The Morgan fingerprint density at radius 1 is 0.680 bits per heavy atom. The Bertz CT molecular complexity index is 1880. The summed E-state index contributed by atoms with van der Waals surface area (Å²) < 4.78 is 11.5. The van der Waals surface area contributed by atoms with Gasteiger partial charge in [0, 0.05) is 34.3 Å². The van der Waals surface area contributed by atoms with Crippen molar-refractivity contribution in [1.82, 2.24) is 29.7 Å². The van der Waals surface area contributed by atoms with Crippen LogP contribution in [0.3, 0.4) is 0 Å². The number of imidazole rings is 2. The summed E-state index contributed by atoms with van der Waals surface area (Å²) in [6.07, 6.45) is 6.99. The Balaban J connectivity index is 0.964. The predicted molar refractivity (Wildman–Crippen MR) is 189 cm³/mol. The fourth-order valence-electron chi connectivity index (χ4n) is 7.53. The Kier molecular flexibility index (Phi) is 7.59. The first kappa shape index (κ1) is 32.2. The largest absolute Gasteiger partial charge is 0.444 e. The van der Waals surface area contributed by atoms with Crippen molar-refractivity contribution < 1.29 is 19.1 Å². The number of rotatable bonds is 4. The fourth-order valence-corrected chi connectivity index (χ4v) is 7.53. The maximum absolute atomic E-state index is 13.1. The third kappa shape index (κ3) is 6.49. The molecule has 2 N–H and O–H groups in total. The van der Waals surface area contributed by atoms with Crippen molar-refractivity contribution >= 4 is 12.2 Å². The molecule has 6 atom stereocenters. The van der Waals surface area contributed by atoms with Gasteiger partial charge in [-0.1, -0.05) is 36.1 Å². The Hall–Kier alpha value is -5.04. The van der Waals surface area contributed by atoms with E-state index in [2.05, 4.69) is 33.9 Å². The number of nitrogens with one attached hydrogen (secondary N) is 2. The molecule has 0 spiro atoms. The molecule has 10 nitrogen and oxygen atoms in total. The van der Waals surface area contributed by atoms with Crippen LogP contribution in [-0.4, -0.2) is 65.2 Å². The summed E-state index contributed by atoms with van der Waals surface area (Å²) in [6.45, 7) is 11.4. The summed E-state index contributed by atoms with van der Waals surface area (Å²) in [4.78, 5) is 46.3. The summed E-state index contributed by atoms with van der Waals surface area (Å²) in [5.41, 5.74) is 4.40. The van der Waals surface area contributed by atoms with E-state index in [-0.39, 0.29) is 36.4 Å². The number of aromatic amines is 2. The van der Waals surface area contributed by atoms with Gasteiger partial charge in [-0.25, -0.2) is 19.6 Å². The number of ether oxygens (including phenoxy) is 2. The van der Waals surface area contributed by atoms with Crippen LogP contribution in [0.4, 0.5) is 9.59 Å². The molecule has 0 radical (unpaired) electrons. The van der Waals surface area contributed by atoms with Crippen molar-refractivity contribution in [2.75, 3.05) is 0 Å². The lowest BCUT2D eigenvalue weighted by Crippen LogP contribution is -2.38. The molecular formula is C40H44N6O4. The topological polar surface area (TPSA) is 116 Å². The number of aromatic nitrogens is 4. The quantitative estimate of drug-likeness (QED) is 0.212. The van der Waals surface area contributed by atoms with Crippen LogP contribution in [0.5, 0.6) is 0 Å². The highest BCUT2D eigenvalue weighted by atomic mass is 16.6. The van der Waals surface area contributed by atoms with Crippen molar-refractivity contribution in [2.24, 2.45) is 11.8 Å². The number of nitrogens with zero attached hydrogens (tertiary/aromatic N) is 4. The van der Waals surface area contributed by atoms with Crippen LogP contribution in [0, 0.1) is 23.7 Å². The number of H-pyrrole nitrogens is 2. The maximum Gasteiger partial charge on any atom is 0.411 e. The molecule has 2 saturated heterocycles. The van der Waals surface area contributed by atoms with Gasteiger partial charge in [0.25, 0.3) is 0 Å². The Morgan fingerprint density at radius 2 is 1.10 bits per heavy atom. The summed E-state index contributed by atoms with van der Waals surface area (Å²) in [5, 5.41) is 0. The number of hydrogen-bond acceptors (Lipinski definition) is 6. The predicted octanol–water partition coefficient (Wildman–Crippen LogP) is 8.01. The van der Waals surface area contributed by atoms with Crippen molar-refractivity contribution in [3.8, 4) is 34.4 Å². The van der Waals surface area contributed by atoms with Crippen molar-refractivity contribution in [3.05, 3.63) is 83.7 Å². The third-order valence-corrected chi connectivity index (χ3v) is 9.94. The van der Waals surface area contributed by atoms with E-state index in [1.165, 1.54) is 0 Å². The molecular weight excluding hydrogens is 628 g/mol. The average Bonchev–Trinajstić information content (AvgIpc) is 3.65. The molecule has 8 rings (SSSR count). The van der Waals surface area contributed by atoms with E-state index in [1.54, 1.807) is 0 Å². The second kappa shape index (κ2) is 11.8. The minimum atomic E-state index is -0.545. The molecule has 0 unspecified atom stereocenters. The summed E-state index contributed by atoms with van der Waals surface area (Å²) in [5.74, 6) is 9.26. The molecule has 2 aliphatic heterocycles. The van der Waals surface area contributed by atoms with Gasteiger partial charge in [-0.3, -0.25) is 9.80 Å². The van der Waals surface area contributed by atoms with E-state index in [4.69, 9.17) is 19.4 Å². The Morgan fingerprint density at radius 3 is 1.50 bits per heavy atom. The highest BCUT2D eigenvalue weighted by Crippen LogP contribution is 2.54. The molecule has 2 aromatic heterocycles. The standard InChI is InChI=1S/C40H44N6O4/c1-39(2,3)49-37(47)45-31-17-27(31)19-33(45)35-41-21-29(43-35)25-11-7-9-23(15-25)13-14-24-10-8-12-26(16-24)30-22-42-36(44-30)34-20-28-18-32(28)46(34)38(48)50-40(4,5)6/h7-12,15-16,21-22,27-28,31-34H,17-20H2,1-6H3,(H,41,43)(H,42,44)/t27-,28-,31-,32-,33+,34+/m1/s1. The lowest BCUT2D eigenvalue weighted by Gasteiger charge is -2.29. The van der Waals surface area contributed by atoms with Crippen LogP contribution in [0.25, 0.3) is 22.5 Å². The number of likely N-dealkylation sites (tertiary alicyclic amines) is 2. The Labute approximate surface area is 293 Å². The normalized spacial score (nSPS) is 25.0. The van der Waals surface area contributed by atoms with Crippen LogP contribution in [0.1, 0.15) is 102 Å². The van der Waals surface area contributed by atoms with Gasteiger partial charge in [0.2, 0.25) is 0 Å². The number of hydrogen-bond donors (Lipinski definition) is 2. The molecule has 2 saturated carbocycles. The maximum atomic E-state index is 13.1. The molecule has 2 aromatic carbocycles. The minimum Gasteiger partial charge on any atom is -0.444 e. The molecule has 10 heteroatoms. The fraction of sp³-hybridized carbons (Fsp3) is 0.450. The second-order valence-corrected chi connectivity index (χ2v) is 16.2. The van der Waals surface area contributed by atoms with E-state index in [9.17, 15) is 9.59 Å². The van der Waals surface area contributed by atoms with Crippen LogP contribution < -0.4 is 0 Å². The van der Waals surface area contributed by atoms with Gasteiger partial charge >= 0.3 is 12.2 Å². The van der Waals surface area contributed by atoms with E-state index in [0.717, 1.165) is 71.0 Å². The first-order chi connectivity index (χ1) is 23.8. The molecule has 4 aromatic rings. The van der Waals surface area contributed by atoms with Crippen LogP contribution in [0.2, 0.25) is 0 Å². The molecule has 2 amide bonds. The van der Waals surface area contributed by atoms with Crippen molar-refractivity contribution in [2.45, 2.75) is 103 Å². The van der Waals surface area contributed by atoms with Gasteiger partial charge in [0.05, 0.1) is 35.9 Å². The van der Waals surface area contributed by atoms with E-state index in [1.807, 2.05) is 100 Å². The van der Waals surface area contributed by atoms with E-state index in [0.29, 0.717) is 11.8 Å². The SMILES string of the molecule is CC(C)(C)OC(=O)N1[C@@H]2C[C@@H]2C[C@H]1c1ncc(-c2cccc(C#Cc3cccc(-c4cnc([C@@H]5C[C@H]6C[C@H]6N5C(=O)OC(C)(C)C)[nH]4)c3)c2)[nH]1. The van der Waals surface area contributed by atoms with Crippen LogP contribution in [-0.2, 0) is 9.47 Å². The lowest BCUT2D eigenvalue weighted by atomic mass is 10.1. The van der Waals surface area contributed by atoms with E-state index >= 15 is 0 Å². The smallest absolute Gasteiger partial charge is 0.411 e. The van der Waals surface area contributed by atoms with Crippen LogP contribution >= 0.6 is 0 Å². The zero-order valence-corrected chi connectivity index (χ0v) is 29.5. The van der Waals surface area contributed by atoms with Gasteiger partial charge in [-0.15, -0.1) is 0 Å². The van der Waals surface area contributed by atoms with Gasteiger partial charge in [-0.2, -0.15) is 0 Å². The number of piperidine rings is 2. The number of amides is 2. The molecule has 4 fully saturated rings. The number of carbonyl (C=O) groups excluding carboxylic acids is 2. The molecule has 4 aliphatic rings. The van der Waals surface area contributed by atoms with E-state index < -0.39 is 11.2 Å². The highest BCUT2D eigenvalue weighted by Gasteiger charge is 2.57. The average molecular weight is 673 g/mol. The van der Waals surface area contributed by atoms with Gasteiger partial charge in [0.15, 0.2) is 0 Å². The lowest BCUT2D eigenvalue weighted by molar-refractivity contribution is 0.0164. The zero-order valence-electron chi connectivity index (χ0n) is 29.5. The summed E-state index contributed by atoms with van der Waals surface area (Å²) in [7, 11) is 0. The molecule has 50 heavy (non-hydrogen) atoms. The molecule has 0 bridgehead atoms. The number of fused-ring (bicyclic) bond motifs is 2. The first-order valence-electron chi connectivity index (χ1n) is 17.6. The molecule has 2 aliphatic carbocycles. The third-order valence-electron chi connectivity index (χ3n) is 9.94. The number of benzene rings is 2. The first-order valence-corrected chi connectivity index (χ1v) is 17.6.